The zero-order valence-electron chi connectivity index (χ0n) is 14.7. The molecular weight excluding hydrogens is 266 g/mol. The Hall–Kier alpha value is -0.610. The van der Waals surface area contributed by atoms with Crippen LogP contribution < -0.4 is 5.32 Å². The van der Waals surface area contributed by atoms with Crippen LogP contribution in [0.4, 0.5) is 0 Å². The molecule has 0 radical (unpaired) electrons. The van der Waals surface area contributed by atoms with Gasteiger partial charge in [0.1, 0.15) is 5.54 Å². The first-order valence-corrected chi connectivity index (χ1v) is 8.46. The lowest BCUT2D eigenvalue weighted by Crippen LogP contribution is -2.50. The minimum Gasteiger partial charge on any atom is -0.465 e. The molecular formula is C17H35NO3. The highest BCUT2D eigenvalue weighted by Gasteiger charge is 2.33. The molecule has 1 unspecified atom stereocenters. The predicted molar refractivity (Wildman–Crippen MR) is 87.5 cm³/mol. The number of hydrogen-bond acceptors (Lipinski definition) is 4. The van der Waals surface area contributed by atoms with Gasteiger partial charge in [0.05, 0.1) is 6.61 Å². The molecule has 0 aromatic carbocycles. The van der Waals surface area contributed by atoms with E-state index in [-0.39, 0.29) is 5.97 Å². The summed E-state index contributed by atoms with van der Waals surface area (Å²) < 4.78 is 10.8. The Morgan fingerprint density at radius 3 is 2.43 bits per heavy atom. The van der Waals surface area contributed by atoms with Gasteiger partial charge in [-0.1, -0.05) is 20.8 Å². The zero-order valence-corrected chi connectivity index (χ0v) is 14.7. The van der Waals surface area contributed by atoms with Crippen LogP contribution in [0.3, 0.4) is 0 Å². The summed E-state index contributed by atoms with van der Waals surface area (Å²) in [4.78, 5) is 12.1. The van der Waals surface area contributed by atoms with E-state index in [0.29, 0.717) is 13.2 Å². The molecule has 21 heavy (non-hydrogen) atoms. The summed E-state index contributed by atoms with van der Waals surface area (Å²) in [5.41, 5.74) is -0.590. The van der Waals surface area contributed by atoms with Crippen LogP contribution in [0, 0.1) is 5.92 Å². The SMILES string of the molecule is CCCNC(C)(CCCOCCCC(C)C)C(=O)OCC. The van der Waals surface area contributed by atoms with Gasteiger partial charge >= 0.3 is 5.97 Å². The zero-order chi connectivity index (χ0) is 16.1. The van der Waals surface area contributed by atoms with E-state index in [4.69, 9.17) is 9.47 Å². The molecule has 126 valence electrons. The summed E-state index contributed by atoms with van der Waals surface area (Å²) in [5, 5.41) is 3.32. The first-order valence-electron chi connectivity index (χ1n) is 8.46. The van der Waals surface area contributed by atoms with E-state index in [1.807, 2.05) is 13.8 Å². The van der Waals surface area contributed by atoms with Gasteiger partial charge in [-0.2, -0.15) is 0 Å². The largest absolute Gasteiger partial charge is 0.465 e. The second-order valence-corrected chi connectivity index (χ2v) is 6.23. The first-order chi connectivity index (χ1) is 9.96. The Balaban J connectivity index is 3.98. The first kappa shape index (κ1) is 20.4. The van der Waals surface area contributed by atoms with Gasteiger partial charge in [-0.25, -0.2) is 0 Å². The molecule has 0 bridgehead atoms. The molecule has 0 fully saturated rings. The quantitative estimate of drug-likeness (QED) is 0.417. The van der Waals surface area contributed by atoms with Gasteiger partial charge in [0.25, 0.3) is 0 Å². The van der Waals surface area contributed by atoms with E-state index in [0.717, 1.165) is 44.8 Å². The van der Waals surface area contributed by atoms with E-state index < -0.39 is 5.54 Å². The second-order valence-electron chi connectivity index (χ2n) is 6.23. The maximum absolute atomic E-state index is 12.1. The lowest BCUT2D eigenvalue weighted by atomic mass is 9.95. The normalized spacial score (nSPS) is 14.2. The highest BCUT2D eigenvalue weighted by molar-refractivity contribution is 5.80. The van der Waals surface area contributed by atoms with Gasteiger partial charge in [0.15, 0.2) is 0 Å². The maximum Gasteiger partial charge on any atom is 0.326 e. The fraction of sp³-hybridized carbons (Fsp3) is 0.941. The van der Waals surface area contributed by atoms with Gasteiger partial charge in [0.2, 0.25) is 0 Å². The van der Waals surface area contributed by atoms with Crippen molar-refractivity contribution in [2.24, 2.45) is 5.92 Å². The van der Waals surface area contributed by atoms with Crippen LogP contribution in [0.25, 0.3) is 0 Å². The summed E-state index contributed by atoms with van der Waals surface area (Å²) in [5.74, 6) is 0.581. The van der Waals surface area contributed by atoms with Crippen molar-refractivity contribution in [3.05, 3.63) is 0 Å². The molecule has 0 aliphatic heterocycles. The van der Waals surface area contributed by atoms with Gasteiger partial charge in [0, 0.05) is 13.2 Å². The molecule has 4 heteroatoms. The van der Waals surface area contributed by atoms with Gasteiger partial charge in [-0.3, -0.25) is 4.79 Å². The smallest absolute Gasteiger partial charge is 0.326 e. The number of hydrogen-bond donors (Lipinski definition) is 1. The highest BCUT2D eigenvalue weighted by Crippen LogP contribution is 2.15. The third-order valence-electron chi connectivity index (χ3n) is 3.53. The van der Waals surface area contributed by atoms with Crippen molar-refractivity contribution in [2.75, 3.05) is 26.4 Å². The molecule has 0 rings (SSSR count). The summed E-state index contributed by atoms with van der Waals surface area (Å²) in [6.45, 7) is 13.1. The van der Waals surface area contributed by atoms with E-state index in [9.17, 15) is 4.79 Å². The van der Waals surface area contributed by atoms with Crippen LogP contribution in [0.5, 0.6) is 0 Å². The molecule has 0 saturated heterocycles. The van der Waals surface area contributed by atoms with Crippen molar-refractivity contribution >= 4 is 5.97 Å². The van der Waals surface area contributed by atoms with Crippen LogP contribution in [0.1, 0.15) is 66.7 Å². The predicted octanol–water partition coefficient (Wildman–Crippen LogP) is 3.54. The Morgan fingerprint density at radius 1 is 1.19 bits per heavy atom. The van der Waals surface area contributed by atoms with Crippen LogP contribution in [0.15, 0.2) is 0 Å². The van der Waals surface area contributed by atoms with Crippen molar-refractivity contribution in [1.82, 2.24) is 5.32 Å². The molecule has 4 nitrogen and oxygen atoms in total. The minimum atomic E-state index is -0.590. The van der Waals surface area contributed by atoms with Crippen LogP contribution >= 0.6 is 0 Å². The summed E-state index contributed by atoms with van der Waals surface area (Å²) in [6, 6.07) is 0. The third kappa shape index (κ3) is 9.86. The van der Waals surface area contributed by atoms with E-state index in [1.165, 1.54) is 6.42 Å². The third-order valence-corrected chi connectivity index (χ3v) is 3.53. The van der Waals surface area contributed by atoms with Gasteiger partial charge < -0.3 is 14.8 Å². The van der Waals surface area contributed by atoms with E-state index >= 15 is 0 Å². The maximum atomic E-state index is 12.1. The Labute approximate surface area is 131 Å². The number of nitrogens with one attached hydrogen (secondary N) is 1. The number of esters is 1. The molecule has 0 aliphatic carbocycles. The number of ether oxygens (including phenoxy) is 2. The molecule has 0 amide bonds. The minimum absolute atomic E-state index is 0.154. The van der Waals surface area contributed by atoms with Crippen LogP contribution in [-0.4, -0.2) is 37.9 Å². The topological polar surface area (TPSA) is 47.6 Å². The molecule has 0 spiro atoms. The molecule has 0 saturated carbocycles. The van der Waals surface area contributed by atoms with E-state index in [2.05, 4.69) is 26.1 Å². The molecule has 0 aromatic rings. The highest BCUT2D eigenvalue weighted by atomic mass is 16.5. The molecule has 0 aliphatic rings. The van der Waals surface area contributed by atoms with Gasteiger partial charge in [-0.05, 0) is 58.4 Å². The summed E-state index contributed by atoms with van der Waals surface area (Å²) >= 11 is 0. The second kappa shape index (κ2) is 12.0. The van der Waals surface area contributed by atoms with Crippen molar-refractivity contribution in [1.29, 1.82) is 0 Å². The molecule has 0 aromatic heterocycles. The van der Waals surface area contributed by atoms with Crippen LogP contribution in [0.2, 0.25) is 0 Å². The van der Waals surface area contributed by atoms with E-state index in [1.54, 1.807) is 0 Å². The molecule has 1 N–H and O–H groups in total. The van der Waals surface area contributed by atoms with Crippen molar-refractivity contribution in [3.63, 3.8) is 0 Å². The molecule has 1 atom stereocenters. The number of rotatable bonds is 13. The van der Waals surface area contributed by atoms with Crippen LogP contribution in [-0.2, 0) is 14.3 Å². The monoisotopic (exact) mass is 301 g/mol. The van der Waals surface area contributed by atoms with Crippen molar-refractivity contribution in [2.45, 2.75) is 72.3 Å². The average Bonchev–Trinajstić information content (AvgIpc) is 2.44. The lowest BCUT2D eigenvalue weighted by molar-refractivity contribution is -0.151. The summed E-state index contributed by atoms with van der Waals surface area (Å²) in [7, 11) is 0. The Bertz CT molecular complexity index is 269. The molecule has 0 heterocycles. The average molecular weight is 301 g/mol. The fourth-order valence-corrected chi connectivity index (χ4v) is 2.18. The Morgan fingerprint density at radius 2 is 1.86 bits per heavy atom. The summed E-state index contributed by atoms with van der Waals surface area (Å²) in [6.07, 6.45) is 4.93. The van der Waals surface area contributed by atoms with Crippen molar-refractivity contribution in [3.8, 4) is 0 Å². The Kier molecular flexibility index (Phi) is 11.6. The van der Waals surface area contributed by atoms with Gasteiger partial charge in [-0.15, -0.1) is 0 Å². The number of carbonyl (C=O) groups excluding carboxylic acids is 1. The number of carbonyl (C=O) groups is 1. The standard InChI is InChI=1S/C17H35NO3/c1-6-12-18-17(5,16(19)21-7-2)11-9-14-20-13-8-10-15(3)4/h15,18H,6-14H2,1-5H3. The van der Waals surface area contributed by atoms with Crippen molar-refractivity contribution < 1.29 is 14.3 Å². The fourth-order valence-electron chi connectivity index (χ4n) is 2.18. The lowest BCUT2D eigenvalue weighted by Gasteiger charge is -2.28.